The molecule has 1 atom stereocenters. The van der Waals surface area contributed by atoms with Gasteiger partial charge in [0.15, 0.2) is 0 Å². The van der Waals surface area contributed by atoms with Gasteiger partial charge in [0.2, 0.25) is 11.8 Å². The van der Waals surface area contributed by atoms with Crippen molar-refractivity contribution in [3.05, 3.63) is 52.0 Å². The molecule has 3 heterocycles. The lowest BCUT2D eigenvalue weighted by Gasteiger charge is -2.24. The van der Waals surface area contributed by atoms with Crippen LogP contribution in [0.25, 0.3) is 0 Å². The molecule has 3 rings (SSSR count). The molecule has 1 saturated heterocycles. The van der Waals surface area contributed by atoms with E-state index in [1.165, 1.54) is 11.8 Å². The molecule has 2 aromatic rings. The van der Waals surface area contributed by atoms with Crippen LogP contribution in [0.3, 0.4) is 0 Å². The summed E-state index contributed by atoms with van der Waals surface area (Å²) >= 11 is 1.70. The van der Waals surface area contributed by atoms with Crippen LogP contribution in [0.15, 0.2) is 35.7 Å². The van der Waals surface area contributed by atoms with Gasteiger partial charge in [-0.3, -0.25) is 14.6 Å². The number of pyridine rings is 1. The lowest BCUT2D eigenvalue weighted by molar-refractivity contribution is -0.132. The molecule has 25 heavy (non-hydrogen) atoms. The number of rotatable bonds is 6. The summed E-state index contributed by atoms with van der Waals surface area (Å²) < 4.78 is 0. The lowest BCUT2D eigenvalue weighted by atomic mass is 10.1. The first-order chi connectivity index (χ1) is 12.1. The fraction of sp³-hybridized carbons (Fsp3) is 0.421. The molecular formula is C19H23N3O2S. The second-order valence-corrected chi connectivity index (χ2v) is 7.32. The van der Waals surface area contributed by atoms with Gasteiger partial charge in [0, 0.05) is 24.8 Å². The molecular weight excluding hydrogens is 334 g/mol. The first-order valence-electron chi connectivity index (χ1n) is 8.65. The van der Waals surface area contributed by atoms with Crippen molar-refractivity contribution < 1.29 is 9.59 Å². The average molecular weight is 357 g/mol. The molecule has 0 bridgehead atoms. The Labute approximate surface area is 152 Å². The van der Waals surface area contributed by atoms with Gasteiger partial charge >= 0.3 is 0 Å². The molecule has 2 aromatic heterocycles. The van der Waals surface area contributed by atoms with Gasteiger partial charge in [0.05, 0.1) is 24.0 Å². The minimum atomic E-state index is -0.0709. The fourth-order valence-corrected chi connectivity index (χ4v) is 3.91. The van der Waals surface area contributed by atoms with E-state index < -0.39 is 0 Å². The summed E-state index contributed by atoms with van der Waals surface area (Å²) in [5.74, 6) is 0.128. The monoisotopic (exact) mass is 357 g/mol. The number of aromatic nitrogens is 1. The number of carbonyl (C=O) groups is 2. The molecule has 6 heteroatoms. The SMILES string of the molecule is CC(=O)NCc1cccc(C2CCCN2C(=O)CCc2cccs2)n1. The zero-order valence-electron chi connectivity index (χ0n) is 14.4. The molecule has 0 aliphatic carbocycles. The highest BCUT2D eigenvalue weighted by Gasteiger charge is 2.30. The van der Waals surface area contributed by atoms with Crippen molar-refractivity contribution in [1.29, 1.82) is 0 Å². The number of hydrogen-bond donors (Lipinski definition) is 1. The molecule has 5 nitrogen and oxygen atoms in total. The Bertz CT molecular complexity index is 730. The summed E-state index contributed by atoms with van der Waals surface area (Å²) in [4.78, 5) is 31.6. The predicted octanol–water partition coefficient (Wildman–Crippen LogP) is 3.08. The number of nitrogens with one attached hydrogen (secondary N) is 1. The number of aryl methyl sites for hydroxylation is 1. The van der Waals surface area contributed by atoms with Crippen molar-refractivity contribution in [3.8, 4) is 0 Å². The molecule has 1 N–H and O–H groups in total. The van der Waals surface area contributed by atoms with Crippen molar-refractivity contribution >= 4 is 23.2 Å². The second kappa shape index (κ2) is 8.25. The van der Waals surface area contributed by atoms with E-state index in [1.807, 2.05) is 34.5 Å². The molecule has 0 aromatic carbocycles. The van der Waals surface area contributed by atoms with E-state index in [0.29, 0.717) is 13.0 Å². The van der Waals surface area contributed by atoms with E-state index in [0.717, 1.165) is 37.2 Å². The van der Waals surface area contributed by atoms with Gasteiger partial charge in [-0.05, 0) is 42.8 Å². The zero-order chi connectivity index (χ0) is 17.6. The molecule has 0 spiro atoms. The molecule has 1 aliphatic rings. The Hall–Kier alpha value is -2.21. The standard InChI is InChI=1S/C19H23N3O2S/c1-14(23)20-13-15-5-2-7-17(21-15)18-8-3-11-22(18)19(24)10-9-16-6-4-12-25-16/h2,4-7,12,18H,3,8-11,13H2,1H3,(H,20,23). The third kappa shape index (κ3) is 4.66. The molecule has 1 fully saturated rings. The summed E-state index contributed by atoms with van der Waals surface area (Å²) in [6, 6.07) is 9.98. The van der Waals surface area contributed by atoms with Crippen LogP contribution in [0.5, 0.6) is 0 Å². The van der Waals surface area contributed by atoms with Gasteiger partial charge in [0.25, 0.3) is 0 Å². The molecule has 0 saturated carbocycles. The summed E-state index contributed by atoms with van der Waals surface area (Å²) in [5, 5.41) is 4.81. The minimum absolute atomic E-state index is 0.0492. The van der Waals surface area contributed by atoms with Gasteiger partial charge in [-0.2, -0.15) is 0 Å². The maximum absolute atomic E-state index is 12.7. The number of nitrogens with zero attached hydrogens (tertiary/aromatic N) is 2. The quantitative estimate of drug-likeness (QED) is 0.864. The van der Waals surface area contributed by atoms with Crippen LogP contribution in [0.1, 0.15) is 48.5 Å². The Kier molecular flexibility index (Phi) is 5.81. The average Bonchev–Trinajstić information content (AvgIpc) is 3.29. The van der Waals surface area contributed by atoms with Gasteiger partial charge in [0.1, 0.15) is 0 Å². The highest BCUT2D eigenvalue weighted by atomic mass is 32.1. The van der Waals surface area contributed by atoms with Gasteiger partial charge in [-0.15, -0.1) is 11.3 Å². The van der Waals surface area contributed by atoms with Crippen molar-refractivity contribution in [1.82, 2.24) is 15.2 Å². The van der Waals surface area contributed by atoms with Crippen LogP contribution in [0.4, 0.5) is 0 Å². The predicted molar refractivity (Wildman–Crippen MR) is 98.1 cm³/mol. The lowest BCUT2D eigenvalue weighted by Crippen LogP contribution is -2.31. The zero-order valence-corrected chi connectivity index (χ0v) is 15.2. The van der Waals surface area contributed by atoms with E-state index >= 15 is 0 Å². The molecule has 1 aliphatic heterocycles. The van der Waals surface area contributed by atoms with E-state index in [1.54, 1.807) is 11.3 Å². The summed E-state index contributed by atoms with van der Waals surface area (Å²) in [5.41, 5.74) is 1.75. The highest BCUT2D eigenvalue weighted by molar-refractivity contribution is 7.09. The normalized spacial score (nSPS) is 16.8. The summed E-state index contributed by atoms with van der Waals surface area (Å²) in [6.45, 7) is 2.71. The van der Waals surface area contributed by atoms with Gasteiger partial charge in [-0.1, -0.05) is 12.1 Å². The number of likely N-dealkylation sites (tertiary alicyclic amines) is 1. The van der Waals surface area contributed by atoms with E-state index in [9.17, 15) is 9.59 Å². The number of carbonyl (C=O) groups excluding carboxylic acids is 2. The third-order valence-corrected chi connectivity index (χ3v) is 5.36. The molecule has 132 valence electrons. The van der Waals surface area contributed by atoms with E-state index in [4.69, 9.17) is 0 Å². The van der Waals surface area contributed by atoms with Gasteiger partial charge in [-0.25, -0.2) is 0 Å². The van der Waals surface area contributed by atoms with E-state index in [2.05, 4.69) is 16.4 Å². The van der Waals surface area contributed by atoms with Crippen LogP contribution in [0.2, 0.25) is 0 Å². The Morgan fingerprint density at radius 3 is 2.96 bits per heavy atom. The summed E-state index contributed by atoms with van der Waals surface area (Å²) in [6.07, 6.45) is 3.30. The maximum Gasteiger partial charge on any atom is 0.223 e. The minimum Gasteiger partial charge on any atom is -0.351 e. The van der Waals surface area contributed by atoms with Crippen LogP contribution in [-0.2, 0) is 22.6 Å². The first-order valence-corrected chi connectivity index (χ1v) is 9.53. The molecule has 1 unspecified atom stereocenters. The van der Waals surface area contributed by atoms with Crippen molar-refractivity contribution in [2.45, 2.75) is 45.2 Å². The smallest absolute Gasteiger partial charge is 0.223 e. The number of amides is 2. The Morgan fingerprint density at radius 2 is 2.20 bits per heavy atom. The van der Waals surface area contributed by atoms with Crippen LogP contribution in [0, 0.1) is 0 Å². The van der Waals surface area contributed by atoms with Crippen LogP contribution >= 0.6 is 11.3 Å². The van der Waals surface area contributed by atoms with Crippen LogP contribution in [-0.4, -0.2) is 28.2 Å². The van der Waals surface area contributed by atoms with Crippen molar-refractivity contribution in [3.63, 3.8) is 0 Å². The van der Waals surface area contributed by atoms with Crippen molar-refractivity contribution in [2.75, 3.05) is 6.54 Å². The highest BCUT2D eigenvalue weighted by Crippen LogP contribution is 2.31. The topological polar surface area (TPSA) is 62.3 Å². The first kappa shape index (κ1) is 17.6. The third-order valence-electron chi connectivity index (χ3n) is 4.43. The summed E-state index contributed by atoms with van der Waals surface area (Å²) in [7, 11) is 0. The second-order valence-electron chi connectivity index (χ2n) is 6.29. The number of thiophene rings is 1. The van der Waals surface area contributed by atoms with Crippen molar-refractivity contribution in [2.24, 2.45) is 0 Å². The van der Waals surface area contributed by atoms with E-state index in [-0.39, 0.29) is 17.9 Å². The maximum atomic E-state index is 12.7. The Morgan fingerprint density at radius 1 is 1.32 bits per heavy atom. The molecule has 0 radical (unpaired) electrons. The fourth-order valence-electron chi connectivity index (χ4n) is 3.20. The Balaban J connectivity index is 1.65. The van der Waals surface area contributed by atoms with Gasteiger partial charge < -0.3 is 10.2 Å². The van der Waals surface area contributed by atoms with Crippen LogP contribution < -0.4 is 5.32 Å². The largest absolute Gasteiger partial charge is 0.351 e. The number of hydrogen-bond acceptors (Lipinski definition) is 4. The molecule has 2 amide bonds.